The Hall–Kier alpha value is -2.28. The molecule has 0 spiro atoms. The van der Waals surface area contributed by atoms with Crippen molar-refractivity contribution in [2.45, 2.75) is 6.54 Å². The lowest BCUT2D eigenvalue weighted by Crippen LogP contribution is -2.09. The van der Waals surface area contributed by atoms with Crippen LogP contribution in [0.5, 0.6) is 0 Å². The van der Waals surface area contributed by atoms with Gasteiger partial charge >= 0.3 is 0 Å². The van der Waals surface area contributed by atoms with E-state index >= 15 is 0 Å². The number of nitrogens with zero attached hydrogens (tertiary/aromatic N) is 4. The Morgan fingerprint density at radius 3 is 2.81 bits per heavy atom. The number of para-hydroxylation sites is 1. The van der Waals surface area contributed by atoms with Gasteiger partial charge in [-0.3, -0.25) is 0 Å². The molecule has 0 saturated carbocycles. The highest BCUT2D eigenvalue weighted by Gasteiger charge is 2.10. The maximum absolute atomic E-state index is 13.1. The summed E-state index contributed by atoms with van der Waals surface area (Å²) in [6, 6.07) is 13.9. The first-order chi connectivity index (χ1) is 10.2. The van der Waals surface area contributed by atoms with Gasteiger partial charge in [0.15, 0.2) is 5.82 Å². The molecule has 1 heterocycles. The molecule has 0 unspecified atom stereocenters. The third-order valence-electron chi connectivity index (χ3n) is 2.89. The summed E-state index contributed by atoms with van der Waals surface area (Å²) in [6.07, 6.45) is 0. The van der Waals surface area contributed by atoms with Crippen molar-refractivity contribution >= 4 is 21.6 Å². The lowest BCUT2D eigenvalue weighted by Gasteiger charge is -2.08. The number of anilines is 1. The van der Waals surface area contributed by atoms with E-state index in [2.05, 4.69) is 36.8 Å². The number of nitrogens with one attached hydrogen (secondary N) is 1. The van der Waals surface area contributed by atoms with Crippen LogP contribution in [0.25, 0.3) is 5.69 Å². The van der Waals surface area contributed by atoms with Crippen LogP contribution >= 0.6 is 15.9 Å². The first-order valence-corrected chi connectivity index (χ1v) is 7.05. The molecule has 0 aliphatic carbocycles. The van der Waals surface area contributed by atoms with Crippen LogP contribution in [0, 0.1) is 5.82 Å². The van der Waals surface area contributed by atoms with E-state index in [1.54, 1.807) is 16.8 Å². The highest BCUT2D eigenvalue weighted by molar-refractivity contribution is 9.10. The van der Waals surface area contributed by atoms with E-state index in [0.29, 0.717) is 18.1 Å². The monoisotopic (exact) mass is 347 g/mol. The molecule has 0 bridgehead atoms. The van der Waals surface area contributed by atoms with Crippen LogP contribution < -0.4 is 5.32 Å². The van der Waals surface area contributed by atoms with Gasteiger partial charge in [-0.15, -0.1) is 5.10 Å². The summed E-state index contributed by atoms with van der Waals surface area (Å²) in [5.74, 6) is 0.344. The normalized spacial score (nSPS) is 10.6. The summed E-state index contributed by atoms with van der Waals surface area (Å²) in [7, 11) is 0. The van der Waals surface area contributed by atoms with E-state index < -0.39 is 0 Å². The maximum Gasteiger partial charge on any atom is 0.175 e. The smallest absolute Gasteiger partial charge is 0.175 e. The molecule has 0 amide bonds. The highest BCUT2D eigenvalue weighted by Crippen LogP contribution is 2.20. The zero-order valence-electron chi connectivity index (χ0n) is 10.9. The fraction of sp³-hybridized carbons (Fsp3) is 0.0714. The van der Waals surface area contributed by atoms with Crippen molar-refractivity contribution in [1.82, 2.24) is 20.2 Å². The molecule has 5 nitrogen and oxygen atoms in total. The van der Waals surface area contributed by atoms with Crippen molar-refractivity contribution < 1.29 is 4.39 Å². The van der Waals surface area contributed by atoms with E-state index in [0.717, 1.165) is 10.2 Å². The van der Waals surface area contributed by atoms with E-state index in [1.165, 1.54) is 12.1 Å². The fourth-order valence-corrected chi connectivity index (χ4v) is 2.36. The molecule has 1 N–H and O–H groups in total. The van der Waals surface area contributed by atoms with Gasteiger partial charge in [-0.2, -0.15) is 4.68 Å². The summed E-state index contributed by atoms with van der Waals surface area (Å²) in [5, 5.41) is 14.8. The second-order valence-corrected chi connectivity index (χ2v) is 5.18. The molecule has 2 aromatic carbocycles. The standard InChI is InChI=1S/C14H11BrFN5/c15-12-6-1-2-7-13(12)21-14(18-19-20-21)9-17-11-5-3-4-10(16)8-11/h1-8,17H,9H2. The number of rotatable bonds is 4. The van der Waals surface area contributed by atoms with Crippen molar-refractivity contribution in [3.8, 4) is 5.69 Å². The topological polar surface area (TPSA) is 55.6 Å². The van der Waals surface area contributed by atoms with Crippen LogP contribution in [0.1, 0.15) is 5.82 Å². The molecule has 0 aliphatic rings. The lowest BCUT2D eigenvalue weighted by atomic mass is 10.3. The molecule has 0 atom stereocenters. The predicted molar refractivity (Wildman–Crippen MR) is 80.6 cm³/mol. The van der Waals surface area contributed by atoms with Crippen LogP contribution in [0.4, 0.5) is 10.1 Å². The second kappa shape index (κ2) is 6.01. The summed E-state index contributed by atoms with van der Waals surface area (Å²) in [6.45, 7) is 0.387. The molecular formula is C14H11BrFN5. The molecule has 0 aliphatic heterocycles. The lowest BCUT2D eigenvalue weighted by molar-refractivity contribution is 0.628. The molecule has 21 heavy (non-hydrogen) atoms. The zero-order chi connectivity index (χ0) is 14.7. The molecule has 7 heteroatoms. The molecule has 3 rings (SSSR count). The summed E-state index contributed by atoms with van der Waals surface area (Å²) < 4.78 is 15.7. The van der Waals surface area contributed by atoms with Crippen LogP contribution in [0.2, 0.25) is 0 Å². The quantitative estimate of drug-likeness (QED) is 0.787. The van der Waals surface area contributed by atoms with Crippen molar-refractivity contribution in [3.05, 3.63) is 64.6 Å². The van der Waals surface area contributed by atoms with E-state index in [-0.39, 0.29) is 5.82 Å². The van der Waals surface area contributed by atoms with E-state index in [4.69, 9.17) is 0 Å². The number of benzene rings is 2. The summed E-state index contributed by atoms with van der Waals surface area (Å²) in [4.78, 5) is 0. The molecule has 0 radical (unpaired) electrons. The van der Waals surface area contributed by atoms with Gasteiger partial charge in [0.05, 0.1) is 12.2 Å². The number of aromatic nitrogens is 4. The Bertz CT molecular complexity index is 758. The first kappa shape index (κ1) is 13.7. The van der Waals surface area contributed by atoms with Gasteiger partial charge in [-0.05, 0) is 56.7 Å². The number of halogens is 2. The molecule has 1 aromatic heterocycles. The SMILES string of the molecule is Fc1cccc(NCc2nnnn2-c2ccccc2Br)c1. The Balaban J connectivity index is 1.82. The van der Waals surface area contributed by atoms with E-state index in [9.17, 15) is 4.39 Å². The first-order valence-electron chi connectivity index (χ1n) is 6.25. The molecular weight excluding hydrogens is 337 g/mol. The van der Waals surface area contributed by atoms with Crippen molar-refractivity contribution in [1.29, 1.82) is 0 Å². The van der Waals surface area contributed by atoms with Crippen LogP contribution in [-0.4, -0.2) is 20.2 Å². The minimum absolute atomic E-state index is 0.287. The van der Waals surface area contributed by atoms with Gasteiger partial charge in [0.1, 0.15) is 5.82 Å². The molecule has 3 aromatic rings. The van der Waals surface area contributed by atoms with Crippen LogP contribution in [0.15, 0.2) is 53.0 Å². The van der Waals surface area contributed by atoms with E-state index in [1.807, 2.05) is 24.3 Å². The minimum Gasteiger partial charge on any atom is -0.378 e. The van der Waals surface area contributed by atoms with Crippen LogP contribution in [-0.2, 0) is 6.54 Å². The van der Waals surface area contributed by atoms with Gasteiger partial charge in [0.2, 0.25) is 0 Å². The van der Waals surface area contributed by atoms with Crippen LogP contribution in [0.3, 0.4) is 0 Å². The van der Waals surface area contributed by atoms with Gasteiger partial charge in [0, 0.05) is 10.2 Å². The third-order valence-corrected chi connectivity index (χ3v) is 3.56. The average Bonchev–Trinajstić information content (AvgIpc) is 2.94. The Morgan fingerprint density at radius 1 is 1.14 bits per heavy atom. The Morgan fingerprint density at radius 2 is 2.00 bits per heavy atom. The molecule has 0 fully saturated rings. The van der Waals surface area contributed by atoms with Gasteiger partial charge in [0.25, 0.3) is 0 Å². The zero-order valence-corrected chi connectivity index (χ0v) is 12.5. The number of hydrogen-bond acceptors (Lipinski definition) is 4. The Kier molecular flexibility index (Phi) is 3.92. The van der Waals surface area contributed by atoms with Gasteiger partial charge in [-0.1, -0.05) is 18.2 Å². The number of tetrazole rings is 1. The van der Waals surface area contributed by atoms with Crippen molar-refractivity contribution in [2.75, 3.05) is 5.32 Å². The maximum atomic E-state index is 13.1. The van der Waals surface area contributed by atoms with Crippen molar-refractivity contribution in [2.24, 2.45) is 0 Å². The molecule has 106 valence electrons. The number of hydrogen-bond donors (Lipinski definition) is 1. The highest BCUT2D eigenvalue weighted by atomic mass is 79.9. The summed E-state index contributed by atoms with van der Waals surface area (Å²) in [5.41, 5.74) is 1.52. The minimum atomic E-state index is -0.287. The van der Waals surface area contributed by atoms with Gasteiger partial charge in [-0.25, -0.2) is 4.39 Å². The third kappa shape index (κ3) is 3.08. The largest absolute Gasteiger partial charge is 0.378 e. The summed E-state index contributed by atoms with van der Waals surface area (Å²) >= 11 is 3.47. The second-order valence-electron chi connectivity index (χ2n) is 4.32. The average molecular weight is 348 g/mol. The van der Waals surface area contributed by atoms with Crippen molar-refractivity contribution in [3.63, 3.8) is 0 Å². The van der Waals surface area contributed by atoms with Gasteiger partial charge < -0.3 is 5.32 Å². The fourth-order valence-electron chi connectivity index (χ4n) is 1.91. The molecule has 0 saturated heterocycles. The Labute approximate surface area is 128 Å². The predicted octanol–water partition coefficient (Wildman–Crippen LogP) is 3.18.